The molecule has 4 aromatic rings. The highest BCUT2D eigenvalue weighted by Gasteiger charge is 2.38. The van der Waals surface area contributed by atoms with Crippen molar-refractivity contribution in [1.29, 1.82) is 0 Å². The second-order valence-electron chi connectivity index (χ2n) is 12.7. The Morgan fingerprint density at radius 2 is 1.73 bits per heavy atom. The fourth-order valence-electron chi connectivity index (χ4n) is 6.63. The first-order valence-corrected chi connectivity index (χ1v) is 15.7. The summed E-state index contributed by atoms with van der Waals surface area (Å²) in [6.07, 6.45) is -1.71. The third-order valence-electron chi connectivity index (χ3n) is 9.23. The molecule has 48 heavy (non-hydrogen) atoms. The van der Waals surface area contributed by atoms with Crippen molar-refractivity contribution in [3.63, 3.8) is 0 Å². The molecule has 3 heterocycles. The highest BCUT2D eigenvalue weighted by atomic mass is 19.4. The number of ether oxygens (including phenoxy) is 1. The molecule has 2 N–H and O–H groups in total. The molecule has 0 atom stereocenters. The van der Waals surface area contributed by atoms with Crippen molar-refractivity contribution in [3.8, 4) is 22.6 Å². The molecular weight excluding hydrogens is 632 g/mol. The van der Waals surface area contributed by atoms with E-state index < -0.39 is 23.5 Å². The molecular formula is C34H36F4N6O4. The Hall–Kier alpha value is -4.56. The molecule has 0 unspecified atom stereocenters. The SMILES string of the molecule is COCC1(CN(C)c2cc(-c3cc(F)cc(C(F)(F)F)c3)nc3nc(-c4ccc(C(=O)N5CCN(CC(=O)O)CC5)cc4)[nH]c23)CCC1. The molecule has 0 bridgehead atoms. The number of pyridine rings is 1. The summed E-state index contributed by atoms with van der Waals surface area (Å²) in [4.78, 5) is 42.2. The summed E-state index contributed by atoms with van der Waals surface area (Å²) in [5.41, 5.74) is 1.52. The van der Waals surface area contributed by atoms with Crippen LogP contribution in [0.4, 0.5) is 23.2 Å². The lowest BCUT2D eigenvalue weighted by atomic mass is 9.69. The number of nitrogens with one attached hydrogen (secondary N) is 1. The first-order valence-electron chi connectivity index (χ1n) is 15.7. The number of carbonyl (C=O) groups excluding carboxylic acids is 1. The number of methoxy groups -OCH3 is 1. The molecule has 1 amide bonds. The maximum atomic E-state index is 14.4. The third kappa shape index (κ3) is 6.99. The lowest BCUT2D eigenvalue weighted by molar-refractivity contribution is -0.139. The molecule has 0 radical (unpaired) electrons. The molecule has 10 nitrogen and oxygen atoms in total. The monoisotopic (exact) mass is 668 g/mol. The number of H-pyrrole nitrogens is 1. The predicted molar refractivity (Wildman–Crippen MR) is 171 cm³/mol. The highest BCUT2D eigenvalue weighted by molar-refractivity contribution is 5.95. The maximum Gasteiger partial charge on any atom is 0.416 e. The van der Waals surface area contributed by atoms with Gasteiger partial charge in [0.1, 0.15) is 17.2 Å². The van der Waals surface area contributed by atoms with Gasteiger partial charge in [0, 0.05) is 69.0 Å². The molecule has 0 spiro atoms. The van der Waals surface area contributed by atoms with E-state index in [9.17, 15) is 27.2 Å². The van der Waals surface area contributed by atoms with Gasteiger partial charge in [0.25, 0.3) is 5.91 Å². The number of carbonyl (C=O) groups is 2. The van der Waals surface area contributed by atoms with Crippen molar-refractivity contribution in [2.75, 3.05) is 64.9 Å². The minimum absolute atomic E-state index is 0.0228. The van der Waals surface area contributed by atoms with Crippen LogP contribution in [0.15, 0.2) is 48.5 Å². The number of carboxylic acid groups (broad SMARTS) is 1. The van der Waals surface area contributed by atoms with E-state index in [0.29, 0.717) is 73.6 Å². The molecule has 254 valence electrons. The van der Waals surface area contributed by atoms with E-state index in [2.05, 4.69) is 15.0 Å². The van der Waals surface area contributed by atoms with Crippen LogP contribution in [0.3, 0.4) is 0 Å². The molecule has 1 aliphatic heterocycles. The number of rotatable bonds is 10. The number of nitrogens with zero attached hydrogens (tertiary/aromatic N) is 5. The summed E-state index contributed by atoms with van der Waals surface area (Å²) in [5, 5.41) is 9.02. The van der Waals surface area contributed by atoms with Crippen LogP contribution in [0, 0.1) is 11.2 Å². The van der Waals surface area contributed by atoms with Gasteiger partial charge in [-0.25, -0.2) is 14.4 Å². The number of aliphatic carboxylic acids is 1. The van der Waals surface area contributed by atoms with E-state index in [1.54, 1.807) is 47.2 Å². The van der Waals surface area contributed by atoms with E-state index in [4.69, 9.17) is 9.84 Å². The third-order valence-corrected chi connectivity index (χ3v) is 9.23. The highest BCUT2D eigenvalue weighted by Crippen LogP contribution is 2.43. The molecule has 2 fully saturated rings. The molecule has 1 aliphatic carbocycles. The fraction of sp³-hybridized carbons (Fsp3) is 0.412. The van der Waals surface area contributed by atoms with Gasteiger partial charge in [-0.1, -0.05) is 18.6 Å². The normalized spacial score (nSPS) is 16.6. The Kier molecular flexibility index (Phi) is 9.14. The Morgan fingerprint density at radius 3 is 2.33 bits per heavy atom. The van der Waals surface area contributed by atoms with Crippen molar-refractivity contribution in [3.05, 3.63) is 65.5 Å². The molecule has 6 rings (SSSR count). The number of halogens is 4. The summed E-state index contributed by atoms with van der Waals surface area (Å²) in [5.74, 6) is -1.65. The van der Waals surface area contributed by atoms with Gasteiger partial charge in [-0.05, 0) is 49.2 Å². The van der Waals surface area contributed by atoms with Crippen molar-refractivity contribution < 1.29 is 37.0 Å². The Bertz CT molecular complexity index is 1810. The van der Waals surface area contributed by atoms with Gasteiger partial charge in [0.15, 0.2) is 5.65 Å². The van der Waals surface area contributed by atoms with Crippen LogP contribution in [-0.4, -0.2) is 102 Å². The second-order valence-corrected chi connectivity index (χ2v) is 12.7. The number of fused-ring (bicyclic) bond motifs is 1. The molecule has 1 saturated carbocycles. The largest absolute Gasteiger partial charge is 0.480 e. The quantitative estimate of drug-likeness (QED) is 0.212. The van der Waals surface area contributed by atoms with Crippen LogP contribution in [-0.2, 0) is 15.7 Å². The number of aromatic nitrogens is 3. The summed E-state index contributed by atoms with van der Waals surface area (Å²) < 4.78 is 60.7. The van der Waals surface area contributed by atoms with Gasteiger partial charge in [-0.15, -0.1) is 0 Å². The van der Waals surface area contributed by atoms with E-state index in [-0.39, 0.29) is 34.8 Å². The van der Waals surface area contributed by atoms with Crippen molar-refractivity contribution in [1.82, 2.24) is 24.8 Å². The first kappa shape index (κ1) is 33.3. The fourth-order valence-corrected chi connectivity index (χ4v) is 6.63. The molecule has 1 saturated heterocycles. The van der Waals surface area contributed by atoms with Gasteiger partial charge in [0.05, 0.1) is 30.1 Å². The molecule has 14 heteroatoms. The van der Waals surface area contributed by atoms with E-state index in [0.717, 1.165) is 31.4 Å². The number of anilines is 1. The molecule has 2 aromatic heterocycles. The molecule has 2 aliphatic rings. The Morgan fingerprint density at radius 1 is 1.02 bits per heavy atom. The zero-order valence-corrected chi connectivity index (χ0v) is 26.6. The van der Waals surface area contributed by atoms with Crippen molar-refractivity contribution >= 4 is 28.7 Å². The zero-order chi connectivity index (χ0) is 34.2. The Balaban J connectivity index is 1.32. The van der Waals surface area contributed by atoms with Gasteiger partial charge < -0.3 is 24.6 Å². The number of amides is 1. The smallest absolute Gasteiger partial charge is 0.416 e. The predicted octanol–water partition coefficient (Wildman–Crippen LogP) is 5.55. The number of aromatic amines is 1. The van der Waals surface area contributed by atoms with Crippen LogP contribution in [0.5, 0.6) is 0 Å². The average Bonchev–Trinajstić information content (AvgIpc) is 3.47. The van der Waals surface area contributed by atoms with Crippen molar-refractivity contribution in [2.24, 2.45) is 5.41 Å². The van der Waals surface area contributed by atoms with Gasteiger partial charge in [-0.2, -0.15) is 13.2 Å². The minimum atomic E-state index is -4.74. The number of hydrogen-bond donors (Lipinski definition) is 2. The van der Waals surface area contributed by atoms with Crippen LogP contribution < -0.4 is 4.90 Å². The number of hydrogen-bond acceptors (Lipinski definition) is 7. The van der Waals surface area contributed by atoms with Gasteiger partial charge in [-0.3, -0.25) is 14.5 Å². The average molecular weight is 669 g/mol. The van der Waals surface area contributed by atoms with Gasteiger partial charge in [0.2, 0.25) is 0 Å². The number of piperazine rings is 1. The lowest BCUT2D eigenvalue weighted by Crippen LogP contribution is -2.49. The number of alkyl halides is 3. The summed E-state index contributed by atoms with van der Waals surface area (Å²) in [6.45, 7) is 2.90. The van der Waals surface area contributed by atoms with Crippen LogP contribution in [0.1, 0.15) is 35.2 Å². The second kappa shape index (κ2) is 13.2. The van der Waals surface area contributed by atoms with E-state index in [1.807, 2.05) is 11.9 Å². The number of carboxylic acids is 1. The summed E-state index contributed by atoms with van der Waals surface area (Å²) >= 11 is 0. The van der Waals surface area contributed by atoms with E-state index in [1.165, 1.54) is 0 Å². The standard InChI is InChI=1S/C34H36F4N6O4/c1-42(19-33(20-48-2)8-3-9-33)27-17-26(23-14-24(34(36,37)38)16-25(35)15-23)39-31-29(27)40-30(41-31)21-4-6-22(7-5-21)32(47)44-12-10-43(11-13-44)18-28(45)46/h4-7,14-17H,3,8-13,18-20H2,1-2H3,(H,45,46)(H,39,40,41). The van der Waals surface area contributed by atoms with E-state index >= 15 is 0 Å². The maximum absolute atomic E-state index is 14.4. The lowest BCUT2D eigenvalue weighted by Gasteiger charge is -2.44. The summed E-state index contributed by atoms with van der Waals surface area (Å²) in [6, 6.07) is 10.9. The van der Waals surface area contributed by atoms with Crippen LogP contribution >= 0.6 is 0 Å². The van der Waals surface area contributed by atoms with Gasteiger partial charge >= 0.3 is 12.1 Å². The topological polar surface area (TPSA) is 115 Å². The first-order chi connectivity index (χ1) is 22.8. The minimum Gasteiger partial charge on any atom is -0.480 e. The number of imidazole rings is 1. The Labute approximate surface area is 274 Å². The van der Waals surface area contributed by atoms with Crippen LogP contribution in [0.25, 0.3) is 33.8 Å². The van der Waals surface area contributed by atoms with Crippen LogP contribution in [0.2, 0.25) is 0 Å². The van der Waals surface area contributed by atoms with Crippen molar-refractivity contribution in [2.45, 2.75) is 25.4 Å². The zero-order valence-electron chi connectivity index (χ0n) is 26.6. The number of benzene rings is 2. The summed E-state index contributed by atoms with van der Waals surface area (Å²) in [7, 11) is 3.55. The molecule has 2 aromatic carbocycles.